The van der Waals surface area contributed by atoms with Crippen LogP contribution in [0.2, 0.25) is 0 Å². The van der Waals surface area contributed by atoms with Crippen molar-refractivity contribution in [3.05, 3.63) is 19.0 Å². The second-order valence-electron chi connectivity index (χ2n) is 1.76. The molecule has 57 valence electrons. The quantitative estimate of drug-likeness (QED) is 0.532. The molecule has 0 saturated carbocycles. The van der Waals surface area contributed by atoms with E-state index in [1.54, 1.807) is 6.08 Å². The molecule has 0 bridgehead atoms. The fraction of sp³-hybridized carbons (Fsp3) is 0.167. The van der Waals surface area contributed by atoms with Crippen LogP contribution in [-0.2, 0) is 0 Å². The van der Waals surface area contributed by atoms with Crippen LogP contribution in [-0.4, -0.2) is 37.5 Å². The topological polar surface area (TPSA) is 50.7 Å². The number of aromatic nitrogens is 3. The third-order valence-electron chi connectivity index (χ3n) is 0.954. The first-order valence-electron chi connectivity index (χ1n) is 3.03. The molecule has 0 fully saturated rings. The molecule has 0 saturated heterocycles. The predicted octanol–water partition coefficient (Wildman–Crippen LogP) is -0.737. The summed E-state index contributed by atoms with van der Waals surface area (Å²) in [5.41, 5.74) is 0. The molecule has 0 spiro atoms. The van der Waals surface area contributed by atoms with E-state index in [9.17, 15) is 0 Å². The summed E-state index contributed by atoms with van der Waals surface area (Å²) in [4.78, 5) is 11.7. The van der Waals surface area contributed by atoms with Crippen LogP contribution < -0.4 is 10.0 Å². The molecule has 1 heterocycles. The van der Waals surface area contributed by atoms with E-state index in [2.05, 4.69) is 42.9 Å². The first-order valence-corrected chi connectivity index (χ1v) is 3.89. The van der Waals surface area contributed by atoms with Gasteiger partial charge in [-0.15, -0.1) is 0 Å². The van der Waals surface area contributed by atoms with E-state index < -0.39 is 0 Å². The molecule has 11 heavy (non-hydrogen) atoms. The molecule has 4 nitrogen and oxygen atoms in total. The van der Waals surface area contributed by atoms with E-state index in [1.165, 1.54) is 6.33 Å². The summed E-state index contributed by atoms with van der Waals surface area (Å²) >= 11 is 2.69. The average molecular weight is 214 g/mol. The van der Waals surface area contributed by atoms with Gasteiger partial charge in [0.2, 0.25) is 0 Å². The molecule has 1 aromatic rings. The summed E-state index contributed by atoms with van der Waals surface area (Å²) in [5, 5.41) is 2.93. The summed E-state index contributed by atoms with van der Waals surface area (Å²) < 4.78 is 0.589. The van der Waals surface area contributed by atoms with Gasteiger partial charge in [-0.3, -0.25) is 0 Å². The molecule has 0 aliphatic carbocycles. The first kappa shape index (κ1) is 8.17. The first-order chi connectivity index (χ1) is 5.33. The zero-order valence-corrected chi connectivity index (χ0v) is 7.53. The van der Waals surface area contributed by atoms with E-state index in [1.807, 2.05) is 0 Å². The Bertz CT molecular complexity index is 250. The number of rotatable bonds is 3. The van der Waals surface area contributed by atoms with Gasteiger partial charge in [0.25, 0.3) is 0 Å². The van der Waals surface area contributed by atoms with Gasteiger partial charge in [0.15, 0.2) is 0 Å². The fourth-order valence-electron chi connectivity index (χ4n) is 0.530. The van der Waals surface area contributed by atoms with E-state index >= 15 is 0 Å². The van der Waals surface area contributed by atoms with E-state index in [0.29, 0.717) is 17.2 Å². The van der Waals surface area contributed by atoms with Crippen molar-refractivity contribution in [2.24, 2.45) is 0 Å². The Morgan fingerprint density at radius 1 is 1.64 bits per heavy atom. The van der Waals surface area contributed by atoms with Gasteiger partial charge in [0.05, 0.1) is 0 Å². The molecule has 0 atom stereocenters. The SMILES string of the molecule is C=CCNc1ncnc([Se])n1. The minimum absolute atomic E-state index is 0.564. The molecular weight excluding hydrogens is 207 g/mol. The molecule has 1 aromatic heterocycles. The van der Waals surface area contributed by atoms with E-state index in [0.717, 1.165) is 0 Å². The molecule has 0 amide bonds. The van der Waals surface area contributed by atoms with Crippen molar-refractivity contribution in [2.45, 2.75) is 0 Å². The Kier molecular flexibility index (Phi) is 3.01. The molecule has 5 heteroatoms. The Balaban J connectivity index is 2.63. The molecule has 0 aromatic carbocycles. The minimum atomic E-state index is 0.564. The number of nitrogens with zero attached hydrogens (tertiary/aromatic N) is 3. The average Bonchev–Trinajstić information content (AvgIpc) is 2.01. The molecular formula is C6H7N4Se. The zero-order chi connectivity index (χ0) is 8.10. The molecule has 0 unspecified atom stereocenters. The summed E-state index contributed by atoms with van der Waals surface area (Å²) in [6.45, 7) is 4.21. The molecule has 1 radical (unpaired) electrons. The van der Waals surface area contributed by atoms with Gasteiger partial charge in [0, 0.05) is 0 Å². The standard InChI is InChI=1S/C6H7N4Se/c1-2-3-7-5-8-4-9-6(11)10-5/h2,4H,1,3H2,(H,7,8,9,10). The van der Waals surface area contributed by atoms with Crippen LogP contribution in [0.3, 0.4) is 0 Å². The van der Waals surface area contributed by atoms with Gasteiger partial charge in [0.1, 0.15) is 0 Å². The van der Waals surface area contributed by atoms with Crippen LogP contribution >= 0.6 is 0 Å². The van der Waals surface area contributed by atoms with Crippen molar-refractivity contribution >= 4 is 26.7 Å². The van der Waals surface area contributed by atoms with Crippen LogP contribution in [0.15, 0.2) is 19.0 Å². The van der Waals surface area contributed by atoms with Gasteiger partial charge in [-0.2, -0.15) is 0 Å². The number of hydrogen-bond acceptors (Lipinski definition) is 4. The van der Waals surface area contributed by atoms with E-state index in [-0.39, 0.29) is 0 Å². The summed E-state index contributed by atoms with van der Waals surface area (Å²) in [6, 6.07) is 0. The van der Waals surface area contributed by atoms with Crippen LogP contribution in [0.4, 0.5) is 5.95 Å². The maximum absolute atomic E-state index is 3.97. The van der Waals surface area contributed by atoms with Crippen LogP contribution in [0, 0.1) is 0 Å². The second kappa shape index (κ2) is 4.05. The van der Waals surface area contributed by atoms with Crippen LogP contribution in [0.25, 0.3) is 0 Å². The second-order valence-corrected chi connectivity index (χ2v) is 2.53. The van der Waals surface area contributed by atoms with Gasteiger partial charge in [-0.1, -0.05) is 0 Å². The van der Waals surface area contributed by atoms with Crippen molar-refractivity contribution in [3.8, 4) is 0 Å². The Morgan fingerprint density at radius 3 is 3.09 bits per heavy atom. The third kappa shape index (κ3) is 2.65. The van der Waals surface area contributed by atoms with Crippen LogP contribution in [0.5, 0.6) is 0 Å². The van der Waals surface area contributed by atoms with Crippen molar-refractivity contribution in [3.63, 3.8) is 0 Å². The van der Waals surface area contributed by atoms with Crippen molar-refractivity contribution in [1.82, 2.24) is 15.0 Å². The normalized spacial score (nSPS) is 9.09. The Labute approximate surface area is 73.0 Å². The monoisotopic (exact) mass is 215 g/mol. The van der Waals surface area contributed by atoms with Crippen molar-refractivity contribution in [2.75, 3.05) is 11.9 Å². The Hall–Kier alpha value is -0.931. The number of anilines is 1. The van der Waals surface area contributed by atoms with Crippen molar-refractivity contribution in [1.29, 1.82) is 0 Å². The maximum atomic E-state index is 3.97. The summed E-state index contributed by atoms with van der Waals surface area (Å²) in [6.07, 6.45) is 3.19. The van der Waals surface area contributed by atoms with Gasteiger partial charge >= 0.3 is 72.5 Å². The van der Waals surface area contributed by atoms with Gasteiger partial charge < -0.3 is 0 Å². The van der Waals surface area contributed by atoms with Gasteiger partial charge in [-0.25, -0.2) is 0 Å². The van der Waals surface area contributed by atoms with Crippen molar-refractivity contribution < 1.29 is 0 Å². The third-order valence-corrected chi connectivity index (χ3v) is 1.37. The molecule has 0 aliphatic rings. The molecule has 0 aliphatic heterocycles. The fourth-order valence-corrected chi connectivity index (χ4v) is 0.810. The van der Waals surface area contributed by atoms with Crippen LogP contribution in [0.1, 0.15) is 0 Å². The molecule has 1 rings (SSSR count). The predicted molar refractivity (Wildman–Crippen MR) is 43.9 cm³/mol. The summed E-state index contributed by atoms with van der Waals surface area (Å²) in [5.74, 6) is 0.564. The summed E-state index contributed by atoms with van der Waals surface area (Å²) in [7, 11) is 0. The van der Waals surface area contributed by atoms with Gasteiger partial charge in [-0.05, 0) is 0 Å². The Morgan fingerprint density at radius 2 is 2.45 bits per heavy atom. The zero-order valence-electron chi connectivity index (χ0n) is 5.82. The van der Waals surface area contributed by atoms with E-state index in [4.69, 9.17) is 0 Å². The number of hydrogen-bond donors (Lipinski definition) is 1. The molecule has 1 N–H and O–H groups in total. The number of nitrogens with one attached hydrogen (secondary N) is 1.